The number of anilines is 3. The predicted molar refractivity (Wildman–Crippen MR) is 298 cm³/mol. The van der Waals surface area contributed by atoms with Crippen molar-refractivity contribution in [3.05, 3.63) is 233 Å². The molecule has 70 heavy (non-hydrogen) atoms. The van der Waals surface area contributed by atoms with Crippen LogP contribution in [0.5, 0.6) is 0 Å². The zero-order valence-electron chi connectivity index (χ0n) is 41.8. The molecule has 4 aliphatic rings. The second-order valence-corrected chi connectivity index (χ2v) is 21.9. The molecule has 4 saturated carbocycles. The number of hydrogen-bond acceptors (Lipinski definition) is 2. The number of benzene rings is 8. The van der Waals surface area contributed by atoms with E-state index in [1.165, 1.54) is 133 Å². The number of hydrogen-bond donors (Lipinski definition) is 0. The first kappa shape index (κ1) is 44.3. The van der Waals surface area contributed by atoms with Gasteiger partial charge in [0.15, 0.2) is 0 Å². The van der Waals surface area contributed by atoms with Crippen LogP contribution in [0.25, 0.3) is 33.3 Å². The van der Waals surface area contributed by atoms with Crippen LogP contribution < -0.4 is 21.3 Å². The zero-order valence-corrected chi connectivity index (χ0v) is 41.8. The Bertz CT molecular complexity index is 3300. The number of fused-ring (bicyclic) bond motifs is 1. The van der Waals surface area contributed by atoms with Crippen LogP contribution in [0.2, 0.25) is 0 Å². The lowest BCUT2D eigenvalue weighted by Crippen LogP contribution is -2.55. The molecule has 1 heterocycles. The van der Waals surface area contributed by atoms with Gasteiger partial charge in [0.1, 0.15) is 0 Å². The molecule has 0 aliphatic heterocycles. The maximum atomic E-state index is 5.39. The van der Waals surface area contributed by atoms with E-state index < -0.39 is 0 Å². The highest BCUT2D eigenvalue weighted by Gasteiger charge is 2.58. The number of aryl methyl sites for hydroxylation is 6. The third-order valence-corrected chi connectivity index (χ3v) is 16.9. The Hall–Kier alpha value is -6.97. The summed E-state index contributed by atoms with van der Waals surface area (Å²) in [5.41, 5.74) is 23.5. The minimum atomic E-state index is 0.116. The van der Waals surface area contributed by atoms with Gasteiger partial charge in [0.2, 0.25) is 6.71 Å². The van der Waals surface area contributed by atoms with Crippen molar-refractivity contribution < 1.29 is 0 Å². The van der Waals surface area contributed by atoms with Crippen LogP contribution in [-0.4, -0.2) is 11.7 Å². The number of nitrogens with zero attached hydrogens (tertiary/aromatic N) is 2. The van der Waals surface area contributed by atoms with Crippen LogP contribution in [0.4, 0.5) is 17.1 Å². The van der Waals surface area contributed by atoms with Gasteiger partial charge in [-0.05, 0) is 167 Å². The van der Waals surface area contributed by atoms with Crippen molar-refractivity contribution >= 4 is 50.9 Å². The van der Waals surface area contributed by atoms with E-state index in [-0.39, 0.29) is 17.5 Å². The highest BCUT2D eigenvalue weighted by molar-refractivity contribution is 6.96. The molecule has 4 fully saturated rings. The molecule has 2 atom stereocenters. The van der Waals surface area contributed by atoms with Crippen molar-refractivity contribution in [2.45, 2.75) is 90.9 Å². The molecule has 0 N–H and O–H groups in total. The van der Waals surface area contributed by atoms with E-state index in [1.807, 2.05) is 0 Å². The van der Waals surface area contributed by atoms with Crippen LogP contribution >= 0.6 is 0 Å². The predicted octanol–water partition coefficient (Wildman–Crippen LogP) is 15.2. The molecule has 0 spiro atoms. The average Bonchev–Trinajstić information content (AvgIpc) is 3.36. The van der Waals surface area contributed by atoms with Crippen LogP contribution in [0.3, 0.4) is 0 Å². The van der Waals surface area contributed by atoms with E-state index >= 15 is 0 Å². The molecule has 8 aromatic carbocycles. The Balaban J connectivity index is 0.839. The largest absolute Gasteiger partial charge is 0.310 e. The molecule has 0 saturated heterocycles. The lowest BCUT2D eigenvalue weighted by Gasteiger charge is -2.63. The zero-order chi connectivity index (χ0) is 47.7. The third kappa shape index (κ3) is 7.79. The van der Waals surface area contributed by atoms with Gasteiger partial charge in [-0.25, -0.2) is 4.98 Å². The average molecular weight is 907 g/mol. The second kappa shape index (κ2) is 17.5. The van der Waals surface area contributed by atoms with Crippen LogP contribution in [0.1, 0.15) is 83.0 Å². The Morgan fingerprint density at radius 2 is 0.957 bits per heavy atom. The van der Waals surface area contributed by atoms with Gasteiger partial charge < -0.3 is 4.90 Å². The Kier molecular flexibility index (Phi) is 11.0. The molecule has 0 radical (unpaired) electrons. The summed E-state index contributed by atoms with van der Waals surface area (Å²) in [6, 6.07) is 70.9. The van der Waals surface area contributed by atoms with Crippen molar-refractivity contribution in [3.8, 4) is 22.5 Å². The second-order valence-electron chi connectivity index (χ2n) is 21.9. The minimum Gasteiger partial charge on any atom is -0.310 e. The summed E-state index contributed by atoms with van der Waals surface area (Å²) < 4.78 is 0. The van der Waals surface area contributed by atoms with Crippen molar-refractivity contribution in [1.29, 1.82) is 0 Å². The Morgan fingerprint density at radius 1 is 0.457 bits per heavy atom. The van der Waals surface area contributed by atoms with Crippen molar-refractivity contribution in [1.82, 2.24) is 4.98 Å². The smallest absolute Gasteiger partial charge is 0.242 e. The van der Waals surface area contributed by atoms with E-state index in [1.54, 1.807) is 0 Å². The summed E-state index contributed by atoms with van der Waals surface area (Å²) in [6.07, 6.45) is 7.84. The van der Waals surface area contributed by atoms with E-state index in [9.17, 15) is 0 Å². The molecule has 4 bridgehead atoms. The molecule has 344 valence electrons. The quantitative estimate of drug-likeness (QED) is 0.127. The van der Waals surface area contributed by atoms with E-state index in [4.69, 9.17) is 4.98 Å². The van der Waals surface area contributed by atoms with E-state index in [0.29, 0.717) is 0 Å². The summed E-state index contributed by atoms with van der Waals surface area (Å²) in [5.74, 6) is 1.53. The van der Waals surface area contributed by atoms with Gasteiger partial charge >= 0.3 is 0 Å². The Labute approximate surface area is 416 Å². The van der Waals surface area contributed by atoms with Gasteiger partial charge in [0.05, 0.1) is 17.1 Å². The minimum absolute atomic E-state index is 0.116. The summed E-state index contributed by atoms with van der Waals surface area (Å²) in [5, 5.41) is 2.52. The topological polar surface area (TPSA) is 16.1 Å². The first-order chi connectivity index (χ1) is 34.0. The Morgan fingerprint density at radius 3 is 1.57 bits per heavy atom. The third-order valence-electron chi connectivity index (χ3n) is 16.9. The van der Waals surface area contributed by atoms with Crippen molar-refractivity contribution in [2.75, 3.05) is 4.90 Å². The lowest BCUT2D eigenvalue weighted by molar-refractivity contribution is -0.0281. The van der Waals surface area contributed by atoms with Crippen LogP contribution in [-0.2, 0) is 10.8 Å². The maximum Gasteiger partial charge on any atom is 0.242 e. The molecule has 13 rings (SSSR count). The maximum absolute atomic E-state index is 5.39. The molecule has 2 unspecified atom stereocenters. The fourth-order valence-electron chi connectivity index (χ4n) is 14.7. The molecule has 4 aliphatic carbocycles. The van der Waals surface area contributed by atoms with Crippen molar-refractivity contribution in [3.63, 3.8) is 0 Å². The van der Waals surface area contributed by atoms with E-state index in [0.717, 1.165) is 28.8 Å². The summed E-state index contributed by atoms with van der Waals surface area (Å²) in [4.78, 5) is 7.83. The van der Waals surface area contributed by atoms with Crippen LogP contribution in [0, 0.1) is 53.4 Å². The molecule has 0 amide bonds. The summed E-state index contributed by atoms with van der Waals surface area (Å²) >= 11 is 0. The van der Waals surface area contributed by atoms with Gasteiger partial charge in [-0.15, -0.1) is 0 Å². The molecular weight excluding hydrogens is 844 g/mol. The molecule has 2 nitrogen and oxygen atoms in total. The fourth-order valence-corrected chi connectivity index (χ4v) is 14.7. The van der Waals surface area contributed by atoms with Gasteiger partial charge in [-0.3, -0.25) is 0 Å². The van der Waals surface area contributed by atoms with Crippen LogP contribution in [0.15, 0.2) is 188 Å². The number of pyridine rings is 1. The SMILES string of the molecule is Cc1cc(C)c(B(c2cccc(-c3cccc(-c4ccc(C56CC7CC(C5)CC(c5ccc(N(c8ccccc8)c8cccc9ccccc89)cc5)(C7)C6)cc4)n3)c2)c2c(C)cc(C)cc2C)c(C)c1. The number of aromatic nitrogens is 1. The lowest BCUT2D eigenvalue weighted by atomic mass is 9.34. The normalized spacial score (nSPS) is 20.2. The monoisotopic (exact) mass is 907 g/mol. The molecular formula is C67H63BN2. The first-order valence-electron chi connectivity index (χ1n) is 25.8. The molecule has 3 heteroatoms. The number of para-hydroxylation sites is 1. The number of rotatable bonds is 10. The molecule has 9 aromatic rings. The first-order valence-corrected chi connectivity index (χ1v) is 25.8. The highest BCUT2D eigenvalue weighted by Crippen LogP contribution is 2.66. The van der Waals surface area contributed by atoms with E-state index in [2.05, 4.69) is 234 Å². The standard InChI is InChI=1S/C67H63BN2/c1-44-33-46(3)64(47(4)34-44)68(65-48(5)35-45(2)36-49(65)6)57-18-12-17-54(38-57)62-23-14-22-61(69-62)53-25-27-55(28-26-53)66-39-50-37-51(40-66)42-67(41-50,43-66)56-29-31-59(32-30-56)70(58-19-8-7-9-20-58)63-24-13-16-52-15-10-11-21-60(52)63/h7-36,38,50-51H,37,39-43H2,1-6H3. The van der Waals surface area contributed by atoms with Gasteiger partial charge in [0.25, 0.3) is 0 Å². The fraction of sp³-hybridized carbons (Fsp3) is 0.239. The van der Waals surface area contributed by atoms with Gasteiger partial charge in [-0.2, -0.15) is 0 Å². The summed E-state index contributed by atoms with van der Waals surface area (Å²) in [7, 11) is 0. The van der Waals surface area contributed by atoms with Gasteiger partial charge in [-0.1, -0.05) is 195 Å². The highest BCUT2D eigenvalue weighted by atomic mass is 15.1. The van der Waals surface area contributed by atoms with Crippen molar-refractivity contribution in [2.24, 2.45) is 11.8 Å². The summed E-state index contributed by atoms with van der Waals surface area (Å²) in [6.45, 7) is 13.7. The molecule has 1 aromatic heterocycles. The van der Waals surface area contributed by atoms with Gasteiger partial charge in [0, 0.05) is 22.3 Å².